The largest absolute Gasteiger partial charge is 0.383 e. The molecule has 0 aromatic heterocycles. The van der Waals surface area contributed by atoms with Gasteiger partial charge in [0.15, 0.2) is 0 Å². The standard InChI is InChI=1S/C28H36N4O3/c1-35-17-25-21-14-15-32(26(21)20-6-2-4-8-23(20)30-25)28(34)22-7-3-5-9-24(22)31-27(33)19-12-10-18(16-29)11-13-19/h2,4,6,8,10-13,21-22,24-26,30H,3,5,7,9,14-17,29H2,1H3,(H,31,33)/t21-,22+,24-,25+,26+/m1/s1. The Bertz CT molecular complexity index is 1060. The first-order valence-electron chi connectivity index (χ1n) is 12.9. The molecule has 7 heteroatoms. The van der Waals surface area contributed by atoms with Crippen LogP contribution in [-0.4, -0.2) is 49.1 Å². The normalized spacial score (nSPS) is 27.5. The second-order valence-corrected chi connectivity index (χ2v) is 10.1. The van der Waals surface area contributed by atoms with E-state index in [1.807, 2.05) is 30.3 Å². The Morgan fingerprint density at radius 2 is 1.86 bits per heavy atom. The first-order chi connectivity index (χ1) is 17.1. The minimum Gasteiger partial charge on any atom is -0.383 e. The molecule has 0 radical (unpaired) electrons. The number of nitrogens with zero attached hydrogens (tertiary/aromatic N) is 1. The highest BCUT2D eigenvalue weighted by Gasteiger charge is 2.48. The van der Waals surface area contributed by atoms with Crippen molar-refractivity contribution in [1.29, 1.82) is 0 Å². The van der Waals surface area contributed by atoms with Gasteiger partial charge in [-0.15, -0.1) is 0 Å². The number of rotatable bonds is 6. The van der Waals surface area contributed by atoms with Crippen LogP contribution in [0.1, 0.15) is 59.6 Å². The molecule has 35 heavy (non-hydrogen) atoms. The van der Waals surface area contributed by atoms with Crippen molar-refractivity contribution in [2.75, 3.05) is 25.6 Å². The van der Waals surface area contributed by atoms with Crippen LogP contribution in [0, 0.1) is 11.8 Å². The Morgan fingerprint density at radius 3 is 2.63 bits per heavy atom. The fourth-order valence-electron chi connectivity index (χ4n) is 6.28. The average Bonchev–Trinajstić information content (AvgIpc) is 3.35. The number of anilines is 1. The van der Waals surface area contributed by atoms with Gasteiger partial charge in [0, 0.05) is 43.4 Å². The highest BCUT2D eigenvalue weighted by Crippen LogP contribution is 2.47. The molecule has 2 aromatic carbocycles. The van der Waals surface area contributed by atoms with Crippen LogP contribution in [0.2, 0.25) is 0 Å². The zero-order chi connectivity index (χ0) is 24.4. The number of para-hydroxylation sites is 1. The molecule has 5 atom stereocenters. The molecule has 0 bridgehead atoms. The molecule has 2 heterocycles. The first kappa shape index (κ1) is 23.8. The number of nitrogens with two attached hydrogens (primary N) is 1. The zero-order valence-corrected chi connectivity index (χ0v) is 20.4. The van der Waals surface area contributed by atoms with E-state index in [0.29, 0.717) is 24.6 Å². The minimum atomic E-state index is -0.197. The number of carbonyl (C=O) groups is 2. The number of fused-ring (bicyclic) bond motifs is 3. The molecule has 1 aliphatic carbocycles. The van der Waals surface area contributed by atoms with Gasteiger partial charge in [0.25, 0.3) is 5.91 Å². The van der Waals surface area contributed by atoms with Crippen molar-refractivity contribution in [2.45, 2.75) is 56.8 Å². The van der Waals surface area contributed by atoms with E-state index < -0.39 is 0 Å². The monoisotopic (exact) mass is 476 g/mol. The lowest BCUT2D eigenvalue weighted by molar-refractivity contribution is -0.139. The van der Waals surface area contributed by atoms with Crippen molar-refractivity contribution in [3.8, 4) is 0 Å². The van der Waals surface area contributed by atoms with Gasteiger partial charge in [0.1, 0.15) is 0 Å². The van der Waals surface area contributed by atoms with E-state index in [0.717, 1.165) is 49.9 Å². The quantitative estimate of drug-likeness (QED) is 0.593. The molecule has 7 nitrogen and oxygen atoms in total. The lowest BCUT2D eigenvalue weighted by Gasteiger charge is -2.41. The Labute approximate surface area is 207 Å². The zero-order valence-electron chi connectivity index (χ0n) is 20.4. The summed E-state index contributed by atoms with van der Waals surface area (Å²) in [5, 5.41) is 6.84. The highest BCUT2D eigenvalue weighted by atomic mass is 16.5. The summed E-state index contributed by atoms with van der Waals surface area (Å²) in [5.74, 6) is 0.169. The predicted octanol–water partition coefficient (Wildman–Crippen LogP) is 3.46. The van der Waals surface area contributed by atoms with Crippen molar-refractivity contribution in [1.82, 2.24) is 10.2 Å². The summed E-state index contributed by atoms with van der Waals surface area (Å²) in [4.78, 5) is 29.2. The summed E-state index contributed by atoms with van der Waals surface area (Å²) in [6, 6.07) is 15.8. The molecule has 4 N–H and O–H groups in total. The smallest absolute Gasteiger partial charge is 0.251 e. The molecule has 186 valence electrons. The van der Waals surface area contributed by atoms with Crippen LogP contribution in [-0.2, 0) is 16.1 Å². The van der Waals surface area contributed by atoms with Crippen molar-refractivity contribution in [3.63, 3.8) is 0 Å². The second-order valence-electron chi connectivity index (χ2n) is 10.1. The number of hydrogen-bond acceptors (Lipinski definition) is 5. The fraction of sp³-hybridized carbons (Fsp3) is 0.500. The average molecular weight is 477 g/mol. The van der Waals surface area contributed by atoms with Crippen LogP contribution in [0.3, 0.4) is 0 Å². The van der Waals surface area contributed by atoms with Gasteiger partial charge in [-0.25, -0.2) is 0 Å². The Balaban J connectivity index is 1.36. The van der Waals surface area contributed by atoms with Crippen LogP contribution < -0.4 is 16.4 Å². The summed E-state index contributed by atoms with van der Waals surface area (Å²) in [6.07, 6.45) is 4.62. The third kappa shape index (κ3) is 4.67. The lowest BCUT2D eigenvalue weighted by Crippen LogP contribution is -2.50. The Morgan fingerprint density at radius 1 is 1.09 bits per heavy atom. The molecule has 2 amide bonds. The van der Waals surface area contributed by atoms with E-state index in [4.69, 9.17) is 10.5 Å². The Kier molecular flexibility index (Phi) is 7.07. The van der Waals surface area contributed by atoms with Crippen molar-refractivity contribution < 1.29 is 14.3 Å². The van der Waals surface area contributed by atoms with E-state index in [-0.39, 0.29) is 35.9 Å². The van der Waals surface area contributed by atoms with E-state index >= 15 is 0 Å². The summed E-state index contributed by atoms with van der Waals surface area (Å²) in [5.41, 5.74) is 9.56. The van der Waals surface area contributed by atoms with Gasteiger partial charge in [0.05, 0.1) is 24.6 Å². The molecule has 2 fully saturated rings. The maximum Gasteiger partial charge on any atom is 0.251 e. The topological polar surface area (TPSA) is 96.7 Å². The molecule has 3 aliphatic rings. The summed E-state index contributed by atoms with van der Waals surface area (Å²) in [7, 11) is 1.73. The van der Waals surface area contributed by atoms with Crippen molar-refractivity contribution in [3.05, 3.63) is 65.2 Å². The van der Waals surface area contributed by atoms with Gasteiger partial charge in [-0.05, 0) is 48.6 Å². The van der Waals surface area contributed by atoms with E-state index in [9.17, 15) is 9.59 Å². The van der Waals surface area contributed by atoms with Crippen LogP contribution >= 0.6 is 0 Å². The van der Waals surface area contributed by atoms with Gasteiger partial charge >= 0.3 is 0 Å². The van der Waals surface area contributed by atoms with E-state index in [1.54, 1.807) is 7.11 Å². The number of likely N-dealkylation sites (tertiary alicyclic amines) is 1. The maximum absolute atomic E-state index is 14.1. The Hall–Kier alpha value is -2.90. The number of methoxy groups -OCH3 is 1. The first-order valence-corrected chi connectivity index (χ1v) is 12.9. The molecule has 1 saturated heterocycles. The molecule has 0 spiro atoms. The van der Waals surface area contributed by atoms with Crippen LogP contribution in [0.15, 0.2) is 48.5 Å². The van der Waals surface area contributed by atoms with Crippen molar-refractivity contribution in [2.24, 2.45) is 17.6 Å². The summed E-state index contributed by atoms with van der Waals surface area (Å²) >= 11 is 0. The number of carbonyl (C=O) groups excluding carboxylic acids is 2. The number of benzene rings is 2. The third-order valence-electron chi connectivity index (χ3n) is 8.06. The van der Waals surface area contributed by atoms with Crippen molar-refractivity contribution >= 4 is 17.5 Å². The molecular formula is C28H36N4O3. The molecule has 1 saturated carbocycles. The van der Waals surface area contributed by atoms with Gasteiger partial charge in [0.2, 0.25) is 5.91 Å². The number of nitrogens with one attached hydrogen (secondary N) is 2. The molecule has 0 unspecified atom stereocenters. The van der Waals surface area contributed by atoms with Crippen LogP contribution in [0.25, 0.3) is 0 Å². The van der Waals surface area contributed by atoms with Gasteiger partial charge in [-0.1, -0.05) is 43.2 Å². The highest BCUT2D eigenvalue weighted by molar-refractivity contribution is 5.95. The van der Waals surface area contributed by atoms with E-state index in [1.165, 1.54) is 5.56 Å². The maximum atomic E-state index is 14.1. The lowest BCUT2D eigenvalue weighted by atomic mass is 9.81. The summed E-state index contributed by atoms with van der Waals surface area (Å²) in [6.45, 7) is 1.80. The molecule has 2 aromatic rings. The number of amides is 2. The fourth-order valence-corrected chi connectivity index (χ4v) is 6.28. The molecule has 2 aliphatic heterocycles. The number of ether oxygens (including phenoxy) is 1. The van der Waals surface area contributed by atoms with Crippen LogP contribution in [0.4, 0.5) is 5.69 Å². The van der Waals surface area contributed by atoms with Gasteiger partial charge < -0.3 is 26.0 Å². The molecular weight excluding hydrogens is 440 g/mol. The SMILES string of the molecule is COC[C@@H]1Nc2ccccc2[C@H]2[C@@H]1CCN2C(=O)[C@H]1CCCC[C@H]1NC(=O)c1ccc(CN)cc1. The third-order valence-corrected chi connectivity index (χ3v) is 8.06. The second kappa shape index (κ2) is 10.4. The minimum absolute atomic E-state index is 0.0437. The summed E-state index contributed by atoms with van der Waals surface area (Å²) < 4.78 is 5.51. The number of hydrogen-bond donors (Lipinski definition) is 3. The van der Waals surface area contributed by atoms with Gasteiger partial charge in [-0.2, -0.15) is 0 Å². The van der Waals surface area contributed by atoms with E-state index in [2.05, 4.69) is 33.7 Å². The molecule has 5 rings (SSSR count). The van der Waals surface area contributed by atoms with Crippen LogP contribution in [0.5, 0.6) is 0 Å². The van der Waals surface area contributed by atoms with Gasteiger partial charge in [-0.3, -0.25) is 9.59 Å². The predicted molar refractivity (Wildman–Crippen MR) is 136 cm³/mol.